The third kappa shape index (κ3) is 6.52. The molecule has 0 bridgehead atoms. The van der Waals surface area contributed by atoms with Crippen LogP contribution < -0.4 is 9.44 Å². The molecular formula is C14H20N2O4S. The monoisotopic (exact) mass is 312 g/mol. The lowest BCUT2D eigenvalue weighted by Crippen LogP contribution is -2.41. The van der Waals surface area contributed by atoms with E-state index in [1.54, 1.807) is 45.0 Å². The molecule has 116 valence electrons. The number of benzene rings is 1. The van der Waals surface area contributed by atoms with Crippen LogP contribution in [-0.2, 0) is 15.0 Å². The van der Waals surface area contributed by atoms with Crippen LogP contribution >= 0.6 is 0 Å². The molecule has 1 rings (SSSR count). The first-order valence-corrected chi connectivity index (χ1v) is 7.98. The van der Waals surface area contributed by atoms with Gasteiger partial charge in [-0.05, 0) is 38.0 Å². The summed E-state index contributed by atoms with van der Waals surface area (Å²) in [5.41, 5.74) is 1.44. The van der Waals surface area contributed by atoms with Gasteiger partial charge in [0, 0.05) is 18.2 Å². The topological polar surface area (TPSA) is 95.5 Å². The van der Waals surface area contributed by atoms with Gasteiger partial charge in [-0.15, -0.1) is 0 Å². The van der Waals surface area contributed by atoms with E-state index in [9.17, 15) is 13.2 Å². The Balaban J connectivity index is 2.86. The second kappa shape index (κ2) is 7.35. The van der Waals surface area contributed by atoms with Crippen molar-refractivity contribution in [3.8, 4) is 0 Å². The van der Waals surface area contributed by atoms with Crippen molar-refractivity contribution in [2.24, 2.45) is 0 Å². The Morgan fingerprint density at radius 1 is 1.24 bits per heavy atom. The minimum atomic E-state index is -3.58. The molecule has 0 aliphatic heterocycles. The predicted molar refractivity (Wildman–Crippen MR) is 81.9 cm³/mol. The van der Waals surface area contributed by atoms with Crippen molar-refractivity contribution in [2.75, 3.05) is 0 Å². The van der Waals surface area contributed by atoms with E-state index in [-0.39, 0.29) is 6.04 Å². The molecule has 0 fully saturated rings. The Morgan fingerprint density at radius 2 is 1.90 bits per heavy atom. The standard InChI is InChI=1S/C14H20N2O4S/c1-10(2)15-21(19,20)16-11(3)13-6-4-5-12(9-13)7-8-14(17)18/h4-11,15-16H,1-3H3,(H,17,18)/b8-7+. The molecule has 0 saturated carbocycles. The molecule has 1 unspecified atom stereocenters. The maximum atomic E-state index is 11.8. The highest BCUT2D eigenvalue weighted by Gasteiger charge is 2.16. The smallest absolute Gasteiger partial charge is 0.328 e. The van der Waals surface area contributed by atoms with Gasteiger partial charge >= 0.3 is 5.97 Å². The Bertz CT molecular complexity index is 624. The summed E-state index contributed by atoms with van der Waals surface area (Å²) in [5.74, 6) is -1.03. The average molecular weight is 312 g/mol. The predicted octanol–water partition coefficient (Wildman–Crippen LogP) is 1.68. The summed E-state index contributed by atoms with van der Waals surface area (Å²) in [7, 11) is -3.58. The molecule has 21 heavy (non-hydrogen) atoms. The highest BCUT2D eigenvalue weighted by Crippen LogP contribution is 2.16. The SMILES string of the molecule is CC(C)NS(=O)(=O)NC(C)c1cccc(/C=C/C(=O)O)c1. The van der Waals surface area contributed by atoms with Crippen molar-refractivity contribution in [1.29, 1.82) is 0 Å². The molecule has 1 aromatic carbocycles. The molecule has 0 amide bonds. The lowest BCUT2D eigenvalue weighted by atomic mass is 10.1. The normalized spacial score (nSPS) is 13.7. The minimum Gasteiger partial charge on any atom is -0.478 e. The van der Waals surface area contributed by atoms with E-state index in [4.69, 9.17) is 5.11 Å². The molecule has 3 N–H and O–H groups in total. The summed E-state index contributed by atoms with van der Waals surface area (Å²) >= 11 is 0. The highest BCUT2D eigenvalue weighted by molar-refractivity contribution is 7.87. The number of aliphatic carboxylic acids is 1. The molecule has 1 aromatic rings. The van der Waals surface area contributed by atoms with Crippen LogP contribution in [0.15, 0.2) is 30.3 Å². The summed E-state index contributed by atoms with van der Waals surface area (Å²) in [5, 5.41) is 8.60. The van der Waals surface area contributed by atoms with Crippen LogP contribution in [0.25, 0.3) is 6.08 Å². The first-order valence-electron chi connectivity index (χ1n) is 6.50. The van der Waals surface area contributed by atoms with Gasteiger partial charge in [0.2, 0.25) is 0 Å². The van der Waals surface area contributed by atoms with Gasteiger partial charge < -0.3 is 5.11 Å². The van der Waals surface area contributed by atoms with Gasteiger partial charge in [-0.2, -0.15) is 17.9 Å². The van der Waals surface area contributed by atoms with Gasteiger partial charge in [0.15, 0.2) is 0 Å². The van der Waals surface area contributed by atoms with E-state index in [0.717, 1.165) is 11.6 Å². The third-order valence-electron chi connectivity index (χ3n) is 2.55. The number of hydrogen-bond donors (Lipinski definition) is 3. The van der Waals surface area contributed by atoms with Gasteiger partial charge in [0.1, 0.15) is 0 Å². The van der Waals surface area contributed by atoms with E-state index in [1.165, 1.54) is 6.08 Å². The first-order chi connectivity index (χ1) is 9.69. The molecule has 7 heteroatoms. The summed E-state index contributed by atoms with van der Waals surface area (Å²) < 4.78 is 28.6. The van der Waals surface area contributed by atoms with E-state index in [2.05, 4.69) is 9.44 Å². The van der Waals surface area contributed by atoms with Crippen molar-refractivity contribution < 1.29 is 18.3 Å². The van der Waals surface area contributed by atoms with E-state index >= 15 is 0 Å². The van der Waals surface area contributed by atoms with Crippen molar-refractivity contribution in [3.63, 3.8) is 0 Å². The number of nitrogens with one attached hydrogen (secondary N) is 2. The molecule has 0 heterocycles. The molecule has 0 aliphatic rings. The number of carboxylic acids is 1. The summed E-state index contributed by atoms with van der Waals surface area (Å²) in [6, 6.07) is 6.38. The van der Waals surface area contributed by atoms with Crippen LogP contribution in [0.1, 0.15) is 37.9 Å². The van der Waals surface area contributed by atoms with Crippen LogP contribution in [0.4, 0.5) is 0 Å². The lowest BCUT2D eigenvalue weighted by Gasteiger charge is -2.17. The Labute approximate surface area is 125 Å². The molecule has 0 saturated heterocycles. The Hall–Kier alpha value is -1.70. The zero-order valence-corrected chi connectivity index (χ0v) is 13.0. The fourth-order valence-electron chi connectivity index (χ4n) is 1.74. The number of carboxylic acid groups (broad SMARTS) is 1. The van der Waals surface area contributed by atoms with Gasteiger partial charge in [-0.25, -0.2) is 4.79 Å². The van der Waals surface area contributed by atoms with Crippen LogP contribution in [0.3, 0.4) is 0 Å². The van der Waals surface area contributed by atoms with Crippen molar-refractivity contribution in [1.82, 2.24) is 9.44 Å². The zero-order valence-electron chi connectivity index (χ0n) is 12.2. The first kappa shape index (κ1) is 17.4. The molecule has 6 nitrogen and oxygen atoms in total. The van der Waals surface area contributed by atoms with Crippen molar-refractivity contribution in [2.45, 2.75) is 32.9 Å². The van der Waals surface area contributed by atoms with Crippen molar-refractivity contribution in [3.05, 3.63) is 41.5 Å². The maximum absolute atomic E-state index is 11.8. The molecule has 0 spiro atoms. The number of rotatable bonds is 7. The van der Waals surface area contributed by atoms with Crippen molar-refractivity contribution >= 4 is 22.3 Å². The molecular weight excluding hydrogens is 292 g/mol. The third-order valence-corrected chi connectivity index (χ3v) is 4.00. The highest BCUT2D eigenvalue weighted by atomic mass is 32.2. The van der Waals surface area contributed by atoms with E-state index in [0.29, 0.717) is 5.56 Å². The second-order valence-corrected chi connectivity index (χ2v) is 6.44. The quantitative estimate of drug-likeness (QED) is 0.667. The molecule has 0 aliphatic carbocycles. The number of carbonyl (C=O) groups is 1. The number of hydrogen-bond acceptors (Lipinski definition) is 3. The summed E-state index contributed by atoms with van der Waals surface area (Å²) in [6.07, 6.45) is 2.49. The fourth-order valence-corrected chi connectivity index (χ4v) is 3.03. The van der Waals surface area contributed by atoms with E-state index in [1.807, 2.05) is 0 Å². The van der Waals surface area contributed by atoms with Gasteiger partial charge in [-0.1, -0.05) is 24.3 Å². The lowest BCUT2D eigenvalue weighted by molar-refractivity contribution is -0.131. The minimum absolute atomic E-state index is 0.195. The van der Waals surface area contributed by atoms with E-state index < -0.39 is 22.2 Å². The molecule has 0 radical (unpaired) electrons. The zero-order chi connectivity index (χ0) is 16.0. The molecule has 0 aromatic heterocycles. The largest absolute Gasteiger partial charge is 0.478 e. The van der Waals surface area contributed by atoms with Gasteiger partial charge in [0.25, 0.3) is 10.2 Å². The van der Waals surface area contributed by atoms with Gasteiger partial charge in [-0.3, -0.25) is 0 Å². The van der Waals surface area contributed by atoms with Gasteiger partial charge in [0.05, 0.1) is 0 Å². The van der Waals surface area contributed by atoms with Crippen LogP contribution in [-0.4, -0.2) is 25.5 Å². The fraction of sp³-hybridized carbons (Fsp3) is 0.357. The second-order valence-electron chi connectivity index (χ2n) is 4.96. The van der Waals surface area contributed by atoms with Crippen LogP contribution in [0.2, 0.25) is 0 Å². The Kier molecular flexibility index (Phi) is 6.07. The Morgan fingerprint density at radius 3 is 2.48 bits per heavy atom. The summed E-state index contributed by atoms with van der Waals surface area (Å²) in [4.78, 5) is 10.5. The van der Waals surface area contributed by atoms with Crippen LogP contribution in [0, 0.1) is 0 Å². The summed E-state index contributed by atoms with van der Waals surface area (Å²) in [6.45, 7) is 5.20. The molecule has 1 atom stereocenters. The average Bonchev–Trinajstić information content (AvgIpc) is 2.34. The van der Waals surface area contributed by atoms with Crippen LogP contribution in [0.5, 0.6) is 0 Å². The maximum Gasteiger partial charge on any atom is 0.328 e.